The second-order valence-electron chi connectivity index (χ2n) is 7.22. The lowest BCUT2D eigenvalue weighted by molar-refractivity contribution is 0.0166. The summed E-state index contributed by atoms with van der Waals surface area (Å²) in [6, 6.07) is 4.09. The van der Waals surface area contributed by atoms with Crippen molar-refractivity contribution in [1.82, 2.24) is 20.5 Å². The molecule has 1 saturated heterocycles. The number of hydrogen-bond donors (Lipinski definition) is 2. The molecule has 2 fully saturated rings. The van der Waals surface area contributed by atoms with Crippen molar-refractivity contribution in [3.05, 3.63) is 30.1 Å². The number of rotatable bonds is 7. The number of ether oxygens (including phenoxy) is 1. The molecule has 25 heavy (non-hydrogen) atoms. The summed E-state index contributed by atoms with van der Waals surface area (Å²) in [5.41, 5.74) is 1.47. The average molecular weight is 346 g/mol. The van der Waals surface area contributed by atoms with Gasteiger partial charge in [-0.25, -0.2) is 4.79 Å². The summed E-state index contributed by atoms with van der Waals surface area (Å²) < 4.78 is 5.46. The molecule has 1 saturated carbocycles. The van der Waals surface area contributed by atoms with E-state index in [1.54, 1.807) is 6.20 Å². The van der Waals surface area contributed by atoms with E-state index in [2.05, 4.69) is 33.5 Å². The van der Waals surface area contributed by atoms with Crippen molar-refractivity contribution >= 4 is 6.03 Å². The fourth-order valence-corrected chi connectivity index (χ4v) is 3.77. The van der Waals surface area contributed by atoms with E-state index in [1.165, 1.54) is 19.3 Å². The Kier molecular flexibility index (Phi) is 6.26. The number of hydrogen-bond acceptors (Lipinski definition) is 4. The van der Waals surface area contributed by atoms with Crippen molar-refractivity contribution in [2.45, 2.75) is 38.6 Å². The fraction of sp³-hybridized carbons (Fsp3) is 0.684. The van der Waals surface area contributed by atoms with Gasteiger partial charge in [0.1, 0.15) is 0 Å². The van der Waals surface area contributed by atoms with Gasteiger partial charge in [-0.1, -0.05) is 19.4 Å². The van der Waals surface area contributed by atoms with Gasteiger partial charge in [0.2, 0.25) is 0 Å². The summed E-state index contributed by atoms with van der Waals surface area (Å²) in [6.45, 7) is 6.81. The van der Waals surface area contributed by atoms with Gasteiger partial charge in [-0.3, -0.25) is 9.88 Å². The first kappa shape index (κ1) is 18.1. The topological polar surface area (TPSA) is 66.5 Å². The third-order valence-electron chi connectivity index (χ3n) is 5.80. The molecule has 2 N–H and O–H groups in total. The van der Waals surface area contributed by atoms with Gasteiger partial charge in [0, 0.05) is 38.6 Å². The van der Waals surface area contributed by atoms with Crippen molar-refractivity contribution in [1.29, 1.82) is 0 Å². The van der Waals surface area contributed by atoms with E-state index in [9.17, 15) is 4.79 Å². The monoisotopic (exact) mass is 346 g/mol. The van der Waals surface area contributed by atoms with Gasteiger partial charge >= 0.3 is 6.03 Å². The summed E-state index contributed by atoms with van der Waals surface area (Å²) in [6.07, 6.45) is 8.56. The maximum absolute atomic E-state index is 12.3. The maximum Gasteiger partial charge on any atom is 0.314 e. The van der Waals surface area contributed by atoms with Crippen molar-refractivity contribution in [3.8, 4) is 0 Å². The highest BCUT2D eigenvalue weighted by atomic mass is 16.5. The van der Waals surface area contributed by atoms with E-state index in [4.69, 9.17) is 4.74 Å². The van der Waals surface area contributed by atoms with Crippen LogP contribution in [-0.2, 0) is 4.74 Å². The smallest absolute Gasteiger partial charge is 0.314 e. The zero-order valence-electron chi connectivity index (χ0n) is 15.2. The molecule has 0 spiro atoms. The number of amides is 2. The molecular weight excluding hydrogens is 316 g/mol. The van der Waals surface area contributed by atoms with E-state index in [-0.39, 0.29) is 12.1 Å². The van der Waals surface area contributed by atoms with Crippen LogP contribution in [0.2, 0.25) is 0 Å². The molecule has 0 aromatic carbocycles. The highest BCUT2D eigenvalue weighted by Gasteiger charge is 2.35. The summed E-state index contributed by atoms with van der Waals surface area (Å²) in [7, 11) is 0. The minimum atomic E-state index is -0.0677. The standard InChI is InChI=1S/C19H30N4O2/c1-2-19(6-4-7-19)15-22-18(24)21-14-17(16-5-3-8-20-13-16)23-9-11-25-12-10-23/h3,5,8,13,17H,2,4,6-7,9-12,14-15H2,1H3,(H2,21,22,24)/t17-/m0/s1. The Morgan fingerprint density at radius 3 is 2.76 bits per heavy atom. The van der Waals surface area contributed by atoms with Crippen LogP contribution in [0.15, 0.2) is 24.5 Å². The van der Waals surface area contributed by atoms with Gasteiger partial charge in [-0.05, 0) is 36.3 Å². The van der Waals surface area contributed by atoms with Crippen LogP contribution in [0.5, 0.6) is 0 Å². The first-order valence-electron chi connectivity index (χ1n) is 9.46. The number of pyridine rings is 1. The normalized spacial score (nSPS) is 21.2. The molecule has 1 aliphatic heterocycles. The molecule has 6 nitrogen and oxygen atoms in total. The van der Waals surface area contributed by atoms with Gasteiger partial charge < -0.3 is 15.4 Å². The molecule has 1 atom stereocenters. The Labute approximate surface area is 150 Å². The number of carbonyl (C=O) groups is 1. The lowest BCUT2D eigenvalue weighted by Crippen LogP contribution is -2.48. The Hall–Kier alpha value is -1.66. The van der Waals surface area contributed by atoms with E-state index in [0.717, 1.165) is 44.8 Å². The van der Waals surface area contributed by atoms with Crippen molar-refractivity contribution in [2.24, 2.45) is 5.41 Å². The number of carbonyl (C=O) groups excluding carboxylic acids is 1. The second-order valence-corrected chi connectivity index (χ2v) is 7.22. The molecule has 2 aliphatic rings. The molecule has 0 unspecified atom stereocenters. The van der Waals surface area contributed by atoms with Crippen LogP contribution in [0.25, 0.3) is 0 Å². The van der Waals surface area contributed by atoms with Crippen LogP contribution in [-0.4, -0.2) is 55.3 Å². The van der Waals surface area contributed by atoms with E-state index in [1.807, 2.05) is 12.3 Å². The van der Waals surface area contributed by atoms with E-state index in [0.29, 0.717) is 12.0 Å². The Balaban J connectivity index is 1.54. The van der Waals surface area contributed by atoms with E-state index < -0.39 is 0 Å². The molecule has 3 rings (SSSR count). The highest BCUT2D eigenvalue weighted by Crippen LogP contribution is 2.42. The molecular formula is C19H30N4O2. The van der Waals surface area contributed by atoms with Crippen molar-refractivity contribution in [2.75, 3.05) is 39.4 Å². The largest absolute Gasteiger partial charge is 0.379 e. The summed E-state index contributed by atoms with van der Waals surface area (Å²) in [5.74, 6) is 0. The molecule has 2 heterocycles. The molecule has 6 heteroatoms. The van der Waals surface area contributed by atoms with Crippen LogP contribution in [0, 0.1) is 5.41 Å². The second kappa shape index (κ2) is 8.63. The average Bonchev–Trinajstić information content (AvgIpc) is 2.63. The number of nitrogens with zero attached hydrogens (tertiary/aromatic N) is 2. The van der Waals surface area contributed by atoms with E-state index >= 15 is 0 Å². The zero-order valence-corrected chi connectivity index (χ0v) is 15.2. The lowest BCUT2D eigenvalue weighted by atomic mass is 9.67. The Bertz CT molecular complexity index is 536. The minimum Gasteiger partial charge on any atom is -0.379 e. The third kappa shape index (κ3) is 4.70. The Morgan fingerprint density at radius 2 is 2.16 bits per heavy atom. The predicted octanol–water partition coefficient (Wildman–Crippen LogP) is 2.33. The van der Waals surface area contributed by atoms with Gasteiger partial charge in [0.25, 0.3) is 0 Å². The molecule has 0 bridgehead atoms. The zero-order chi connectivity index (χ0) is 17.5. The lowest BCUT2D eigenvalue weighted by Gasteiger charge is -2.41. The fourth-order valence-electron chi connectivity index (χ4n) is 3.77. The number of nitrogens with one attached hydrogen (secondary N) is 2. The van der Waals surface area contributed by atoms with Crippen LogP contribution >= 0.6 is 0 Å². The SMILES string of the molecule is CCC1(CNC(=O)NC[C@@H](c2cccnc2)N2CCOCC2)CCC1. The molecule has 1 aliphatic carbocycles. The molecule has 138 valence electrons. The molecule has 1 aromatic heterocycles. The van der Waals surface area contributed by atoms with Crippen molar-refractivity contribution < 1.29 is 9.53 Å². The highest BCUT2D eigenvalue weighted by molar-refractivity contribution is 5.73. The first-order valence-corrected chi connectivity index (χ1v) is 9.46. The predicted molar refractivity (Wildman–Crippen MR) is 97.3 cm³/mol. The molecule has 1 aromatic rings. The van der Waals surface area contributed by atoms with Crippen LogP contribution in [0.4, 0.5) is 4.79 Å². The maximum atomic E-state index is 12.3. The number of urea groups is 1. The quantitative estimate of drug-likeness (QED) is 0.795. The summed E-state index contributed by atoms with van der Waals surface area (Å²) in [5, 5.41) is 6.14. The number of aromatic nitrogens is 1. The summed E-state index contributed by atoms with van der Waals surface area (Å²) in [4.78, 5) is 18.9. The van der Waals surface area contributed by atoms with Crippen LogP contribution in [0.1, 0.15) is 44.2 Å². The third-order valence-corrected chi connectivity index (χ3v) is 5.80. The van der Waals surface area contributed by atoms with Crippen LogP contribution < -0.4 is 10.6 Å². The van der Waals surface area contributed by atoms with Gasteiger partial charge in [-0.15, -0.1) is 0 Å². The number of morpholine rings is 1. The Morgan fingerprint density at radius 1 is 1.36 bits per heavy atom. The van der Waals surface area contributed by atoms with Crippen LogP contribution in [0.3, 0.4) is 0 Å². The van der Waals surface area contributed by atoms with Gasteiger partial charge in [-0.2, -0.15) is 0 Å². The minimum absolute atomic E-state index is 0.0677. The molecule has 0 radical (unpaired) electrons. The molecule has 2 amide bonds. The van der Waals surface area contributed by atoms with Crippen molar-refractivity contribution in [3.63, 3.8) is 0 Å². The van der Waals surface area contributed by atoms with Gasteiger partial charge in [0.15, 0.2) is 0 Å². The van der Waals surface area contributed by atoms with Gasteiger partial charge in [0.05, 0.1) is 19.3 Å². The summed E-state index contributed by atoms with van der Waals surface area (Å²) >= 11 is 0. The first-order chi connectivity index (χ1) is 12.2.